The Balaban J connectivity index is 1.97. The predicted molar refractivity (Wildman–Crippen MR) is 330 cm³/mol. The van der Waals surface area contributed by atoms with Crippen LogP contribution in [0.1, 0.15) is 297 Å². The minimum atomic E-state index is -0.414. The fourth-order valence-corrected chi connectivity index (χ4v) is 10.0. The van der Waals surface area contributed by atoms with Gasteiger partial charge in [-0.1, -0.05) is 303 Å². The Morgan fingerprint density at radius 2 is 0.551 bits per heavy atom. The van der Waals surface area contributed by atoms with E-state index in [0.717, 1.165) is 74.5 Å². The zero-order valence-corrected chi connectivity index (χ0v) is 49.3. The molecule has 4 aromatic carbocycles. The van der Waals surface area contributed by atoms with Crippen LogP contribution in [-0.2, 0) is 0 Å². The third-order valence-electron chi connectivity index (χ3n) is 15.1. The summed E-state index contributed by atoms with van der Waals surface area (Å²) < 4.78 is 0. The van der Waals surface area contributed by atoms with E-state index in [1.165, 1.54) is 96.3 Å². The number of unbranched alkanes of at least 4 members (excludes halogenated alkanes) is 24. The number of rotatable bonds is 36. The number of hydrogen-bond acceptors (Lipinski definition) is 3. The number of carbonyl (C=O) groups is 3. The van der Waals surface area contributed by atoms with Crippen molar-refractivity contribution in [3.63, 3.8) is 0 Å². The molecule has 3 atom stereocenters. The molecule has 6 heteroatoms. The van der Waals surface area contributed by atoms with Gasteiger partial charge in [0.25, 0.3) is 17.7 Å². The first kappa shape index (κ1) is 64.5. The summed E-state index contributed by atoms with van der Waals surface area (Å²) in [5.74, 6) is 19.4. The lowest BCUT2D eigenvalue weighted by Gasteiger charge is -2.22. The Kier molecular flexibility index (Phi) is 33.2. The molecule has 0 aliphatic carbocycles. The zero-order chi connectivity index (χ0) is 55.8. The van der Waals surface area contributed by atoms with E-state index in [4.69, 9.17) is 0 Å². The van der Waals surface area contributed by atoms with E-state index in [-0.39, 0.29) is 51.1 Å². The van der Waals surface area contributed by atoms with Crippen LogP contribution >= 0.6 is 0 Å². The second kappa shape index (κ2) is 40.2. The van der Waals surface area contributed by atoms with Gasteiger partial charge in [-0.3, -0.25) is 14.4 Å². The zero-order valence-electron chi connectivity index (χ0n) is 49.3. The Bertz CT molecular complexity index is 2220. The van der Waals surface area contributed by atoms with Crippen molar-refractivity contribution in [2.24, 2.45) is 0 Å². The summed E-state index contributed by atoms with van der Waals surface area (Å²) in [5.41, 5.74) is 4.63. The molecule has 0 saturated carbocycles. The lowest BCUT2D eigenvalue weighted by Crippen LogP contribution is -2.35. The fraction of sp³-hybridized carbons (Fsp3) is 0.542. The van der Waals surface area contributed by atoms with Crippen LogP contribution in [0, 0.1) is 35.5 Å². The molecule has 0 spiro atoms. The summed E-state index contributed by atoms with van der Waals surface area (Å²) in [4.78, 5) is 46.3. The SMILES string of the molecule is CCCCCCCCCCC#Cc1c(C(=O)NC[C@@H](C)c2ccccc2)c(C#CCCCCCCCCCC)c(C(=O)NC[C@@H](C)c2ccccc2)c(C#CCCCCCCCCCC)c1C(=O)NC[C@@H](C)c1ccccc1. The van der Waals surface area contributed by atoms with Gasteiger partial charge < -0.3 is 16.0 Å². The average Bonchev–Trinajstić information content (AvgIpc) is 3.53. The van der Waals surface area contributed by atoms with E-state index in [1.807, 2.05) is 54.6 Å². The van der Waals surface area contributed by atoms with Crippen molar-refractivity contribution in [2.45, 2.75) is 233 Å². The van der Waals surface area contributed by atoms with Crippen molar-refractivity contribution < 1.29 is 14.4 Å². The number of benzene rings is 4. The van der Waals surface area contributed by atoms with Crippen LogP contribution in [0.15, 0.2) is 91.0 Å². The molecule has 6 nitrogen and oxygen atoms in total. The standard InChI is InChI=1S/C72H99N3O3/c1-7-10-13-16-19-22-25-28-31-43-52-64-67(70(76)73-55-58(4)61-46-37-34-38-47-61)65(53-44-32-29-26-23-20-17-14-11-8-2)69(72(78)75-57-60(6)63-50-41-36-42-51-63)66(54-45-33-30-27-24-21-18-15-12-9-3)68(64)71(77)74-56-59(5)62-48-39-35-40-49-62/h34-42,46-51,58-60H,7-33,55-57H2,1-6H3,(H,73,76)(H,74,77)(H,75,78)/t58-,59-,60-/m1/s1. The summed E-state index contributed by atoms with van der Waals surface area (Å²) in [5, 5.41) is 9.80. The molecule has 4 aromatic rings. The lowest BCUT2D eigenvalue weighted by molar-refractivity contribution is 0.0951. The first-order valence-corrected chi connectivity index (χ1v) is 30.9. The molecule has 0 unspecified atom stereocenters. The molecule has 0 aromatic heterocycles. The third kappa shape index (κ3) is 24.3. The maximum atomic E-state index is 15.4. The monoisotopic (exact) mass is 1050 g/mol. The first-order chi connectivity index (χ1) is 38.2. The number of nitrogens with one attached hydrogen (secondary N) is 3. The van der Waals surface area contributed by atoms with E-state index in [2.05, 4.69) is 129 Å². The van der Waals surface area contributed by atoms with Crippen LogP contribution in [-0.4, -0.2) is 37.4 Å². The highest BCUT2D eigenvalue weighted by atomic mass is 16.2. The van der Waals surface area contributed by atoms with Crippen LogP contribution in [0.5, 0.6) is 0 Å². The van der Waals surface area contributed by atoms with E-state index < -0.39 is 17.7 Å². The molecule has 0 bridgehead atoms. The van der Waals surface area contributed by atoms with Crippen molar-refractivity contribution in [3.8, 4) is 35.5 Å². The minimum Gasteiger partial charge on any atom is -0.351 e. The molecule has 0 aliphatic heterocycles. The highest BCUT2D eigenvalue weighted by Crippen LogP contribution is 2.30. The molecule has 0 aliphatic rings. The highest BCUT2D eigenvalue weighted by molar-refractivity contribution is 6.13. The molecule has 0 radical (unpaired) electrons. The second-order valence-corrected chi connectivity index (χ2v) is 21.9. The van der Waals surface area contributed by atoms with E-state index in [9.17, 15) is 0 Å². The van der Waals surface area contributed by atoms with Gasteiger partial charge in [0.05, 0.1) is 33.4 Å². The third-order valence-corrected chi connectivity index (χ3v) is 15.1. The summed E-state index contributed by atoms with van der Waals surface area (Å²) in [6, 6.07) is 30.4. The fourth-order valence-electron chi connectivity index (χ4n) is 10.0. The van der Waals surface area contributed by atoms with Gasteiger partial charge >= 0.3 is 0 Å². The lowest BCUT2D eigenvalue weighted by atomic mass is 9.84. The molecule has 78 heavy (non-hydrogen) atoms. The Morgan fingerprint density at radius 3 is 0.782 bits per heavy atom. The topological polar surface area (TPSA) is 87.3 Å². The van der Waals surface area contributed by atoms with Crippen LogP contribution < -0.4 is 16.0 Å². The van der Waals surface area contributed by atoms with Gasteiger partial charge in [0.2, 0.25) is 0 Å². The van der Waals surface area contributed by atoms with E-state index in [0.29, 0.717) is 38.9 Å². The predicted octanol–water partition coefficient (Wildman–Crippen LogP) is 17.9. The maximum Gasteiger partial charge on any atom is 0.253 e. The van der Waals surface area contributed by atoms with Crippen molar-refractivity contribution in [1.82, 2.24) is 16.0 Å². The molecule has 4 rings (SSSR count). The van der Waals surface area contributed by atoms with Crippen LogP contribution in [0.25, 0.3) is 0 Å². The molecular weight excluding hydrogens is 955 g/mol. The van der Waals surface area contributed by atoms with E-state index >= 15 is 14.4 Å². The molecular formula is C72H99N3O3. The summed E-state index contributed by atoms with van der Waals surface area (Å²) in [6.07, 6.45) is 29.8. The summed E-state index contributed by atoms with van der Waals surface area (Å²) in [6.45, 7) is 14.0. The quantitative estimate of drug-likeness (QED) is 0.0313. The molecule has 0 fully saturated rings. The molecule has 3 amide bonds. The smallest absolute Gasteiger partial charge is 0.253 e. The number of hydrogen-bond donors (Lipinski definition) is 3. The van der Waals surface area contributed by atoms with Crippen LogP contribution in [0.2, 0.25) is 0 Å². The Morgan fingerprint density at radius 1 is 0.333 bits per heavy atom. The summed E-state index contributed by atoms with van der Waals surface area (Å²) >= 11 is 0. The van der Waals surface area contributed by atoms with Gasteiger partial charge in [-0.15, -0.1) is 0 Å². The first-order valence-electron chi connectivity index (χ1n) is 30.9. The normalized spacial score (nSPS) is 11.9. The number of carbonyl (C=O) groups excluding carboxylic acids is 3. The van der Waals surface area contributed by atoms with Crippen LogP contribution in [0.3, 0.4) is 0 Å². The van der Waals surface area contributed by atoms with Crippen molar-refractivity contribution >= 4 is 17.7 Å². The number of amides is 3. The van der Waals surface area contributed by atoms with E-state index in [1.54, 1.807) is 0 Å². The van der Waals surface area contributed by atoms with Gasteiger partial charge in [0, 0.05) is 38.9 Å². The van der Waals surface area contributed by atoms with Gasteiger partial charge in [0.15, 0.2) is 0 Å². The molecule has 3 N–H and O–H groups in total. The molecule has 0 saturated heterocycles. The second-order valence-electron chi connectivity index (χ2n) is 21.9. The van der Waals surface area contributed by atoms with Crippen molar-refractivity contribution in [3.05, 3.63) is 141 Å². The van der Waals surface area contributed by atoms with Gasteiger partial charge in [0.1, 0.15) is 0 Å². The molecule has 0 heterocycles. The average molecular weight is 1050 g/mol. The van der Waals surface area contributed by atoms with Crippen molar-refractivity contribution in [1.29, 1.82) is 0 Å². The maximum absolute atomic E-state index is 15.4. The highest BCUT2D eigenvalue weighted by Gasteiger charge is 2.32. The Labute approximate surface area is 474 Å². The van der Waals surface area contributed by atoms with Gasteiger partial charge in [-0.2, -0.15) is 0 Å². The van der Waals surface area contributed by atoms with Gasteiger partial charge in [-0.05, 0) is 53.7 Å². The summed E-state index contributed by atoms with van der Waals surface area (Å²) in [7, 11) is 0. The van der Waals surface area contributed by atoms with Gasteiger partial charge in [-0.25, -0.2) is 0 Å². The van der Waals surface area contributed by atoms with Crippen molar-refractivity contribution in [2.75, 3.05) is 19.6 Å². The van der Waals surface area contributed by atoms with Crippen LogP contribution in [0.4, 0.5) is 0 Å². The minimum absolute atomic E-state index is 0.0193. The molecule has 420 valence electrons. The largest absolute Gasteiger partial charge is 0.351 e. The Hall–Kier alpha value is -6.03.